The molecule has 0 saturated heterocycles. The van der Waals surface area contributed by atoms with E-state index in [1.165, 1.54) is 0 Å². The maximum Gasteiger partial charge on any atom is 0.311 e. The van der Waals surface area contributed by atoms with Crippen LogP contribution in [-0.4, -0.2) is 28.8 Å². The van der Waals surface area contributed by atoms with E-state index in [2.05, 4.69) is 10.6 Å². The first-order valence-electron chi connectivity index (χ1n) is 13.7. The Morgan fingerprint density at radius 2 is 1.54 bits per heavy atom. The number of halogens is 2. The maximum absolute atomic E-state index is 13.2. The van der Waals surface area contributed by atoms with Crippen LogP contribution in [0.15, 0.2) is 60.7 Å². The zero-order valence-electron chi connectivity index (χ0n) is 24.3. The number of rotatable bonds is 11. The molecule has 218 valence electrons. The second kappa shape index (κ2) is 13.5. The zero-order chi connectivity index (χ0) is 30.5. The van der Waals surface area contributed by atoms with Crippen LogP contribution in [0.4, 0.5) is 11.4 Å². The molecular weight excluding hydrogens is 559 g/mol. The molecule has 3 rings (SSSR count). The van der Waals surface area contributed by atoms with E-state index < -0.39 is 29.3 Å². The summed E-state index contributed by atoms with van der Waals surface area (Å²) >= 11 is 12.3. The topological polar surface area (TPSA) is 95.5 Å². The molecule has 0 radical (unpaired) electrons. The monoisotopic (exact) mass is 596 g/mol. The standard InChI is InChI=1S/C33H38Cl2N2O4/c1-7-21-13-14-22(18-27(21)37-29(19(2)3)30(38)33(4,5)6)24(32(40)41)17-20-11-15-23(16-12-20)36-31(39)28-25(34)9-8-10-26(28)35/h8-16,18-19,24,29,37H,7,17H2,1-6H3,(H,36,39)(H,40,41). The van der Waals surface area contributed by atoms with Crippen LogP contribution in [0, 0.1) is 11.3 Å². The molecule has 1 amide bonds. The number of Topliss-reactive ketones (excluding diaryl/α,β-unsaturated/α-hetero) is 1. The number of benzene rings is 3. The summed E-state index contributed by atoms with van der Waals surface area (Å²) in [7, 11) is 0. The van der Waals surface area contributed by atoms with Crippen LogP contribution in [0.3, 0.4) is 0 Å². The fourth-order valence-electron chi connectivity index (χ4n) is 4.64. The van der Waals surface area contributed by atoms with E-state index in [0.717, 1.165) is 23.2 Å². The number of carboxylic acid groups (broad SMARTS) is 1. The first-order valence-corrected chi connectivity index (χ1v) is 14.5. The molecule has 0 bridgehead atoms. The van der Waals surface area contributed by atoms with Gasteiger partial charge in [0.05, 0.1) is 27.6 Å². The van der Waals surface area contributed by atoms with Crippen LogP contribution in [-0.2, 0) is 22.4 Å². The zero-order valence-corrected chi connectivity index (χ0v) is 25.9. The number of aliphatic carboxylic acids is 1. The average Bonchev–Trinajstić information content (AvgIpc) is 2.89. The van der Waals surface area contributed by atoms with Crippen molar-refractivity contribution in [2.75, 3.05) is 10.6 Å². The first-order chi connectivity index (χ1) is 19.2. The molecule has 0 aromatic heterocycles. The molecule has 0 spiro atoms. The van der Waals surface area contributed by atoms with Crippen molar-refractivity contribution in [2.24, 2.45) is 11.3 Å². The van der Waals surface area contributed by atoms with Crippen molar-refractivity contribution < 1.29 is 19.5 Å². The molecular formula is C33H38Cl2N2O4. The highest BCUT2D eigenvalue weighted by molar-refractivity contribution is 6.40. The van der Waals surface area contributed by atoms with E-state index in [4.69, 9.17) is 23.2 Å². The number of anilines is 2. The lowest BCUT2D eigenvalue weighted by atomic mass is 9.82. The molecule has 3 aromatic carbocycles. The number of carboxylic acids is 1. The number of carbonyl (C=O) groups excluding carboxylic acids is 2. The van der Waals surface area contributed by atoms with Crippen molar-refractivity contribution in [3.05, 3.63) is 93.0 Å². The van der Waals surface area contributed by atoms with Crippen molar-refractivity contribution in [1.29, 1.82) is 0 Å². The molecule has 41 heavy (non-hydrogen) atoms. The smallest absolute Gasteiger partial charge is 0.311 e. The highest BCUT2D eigenvalue weighted by Crippen LogP contribution is 2.31. The summed E-state index contributed by atoms with van der Waals surface area (Å²) in [6.07, 6.45) is 0.987. The van der Waals surface area contributed by atoms with Gasteiger partial charge in [0.1, 0.15) is 0 Å². The number of amides is 1. The number of hydrogen-bond acceptors (Lipinski definition) is 4. The van der Waals surface area contributed by atoms with Gasteiger partial charge in [0.15, 0.2) is 5.78 Å². The number of carbonyl (C=O) groups is 3. The van der Waals surface area contributed by atoms with Crippen LogP contribution in [0.5, 0.6) is 0 Å². The van der Waals surface area contributed by atoms with Gasteiger partial charge in [-0.25, -0.2) is 0 Å². The Labute approximate surface area is 252 Å². The minimum Gasteiger partial charge on any atom is -0.481 e. The Balaban J connectivity index is 1.83. The van der Waals surface area contributed by atoms with Crippen LogP contribution < -0.4 is 10.6 Å². The molecule has 0 aliphatic heterocycles. The van der Waals surface area contributed by atoms with Crippen LogP contribution in [0.2, 0.25) is 10.0 Å². The van der Waals surface area contributed by atoms with E-state index in [0.29, 0.717) is 11.3 Å². The summed E-state index contributed by atoms with van der Waals surface area (Å²) in [6.45, 7) is 11.8. The van der Waals surface area contributed by atoms with Crippen LogP contribution in [0.1, 0.15) is 74.5 Å². The Hall–Kier alpha value is -3.35. The third-order valence-corrected chi connectivity index (χ3v) is 7.69. The van der Waals surface area contributed by atoms with Crippen LogP contribution in [0.25, 0.3) is 0 Å². The summed E-state index contributed by atoms with van der Waals surface area (Å²) in [4.78, 5) is 38.3. The van der Waals surface area contributed by atoms with Crippen LogP contribution >= 0.6 is 23.2 Å². The normalized spacial score (nSPS) is 13.0. The molecule has 3 N–H and O–H groups in total. The third-order valence-electron chi connectivity index (χ3n) is 7.06. The van der Waals surface area contributed by atoms with Gasteiger partial charge >= 0.3 is 5.97 Å². The fourth-order valence-corrected chi connectivity index (χ4v) is 5.21. The van der Waals surface area contributed by atoms with Gasteiger partial charge < -0.3 is 15.7 Å². The average molecular weight is 598 g/mol. The number of nitrogens with one attached hydrogen (secondary N) is 2. The fraction of sp³-hybridized carbons (Fsp3) is 0.364. The van der Waals surface area contributed by atoms with Crippen molar-refractivity contribution in [1.82, 2.24) is 0 Å². The number of aryl methyl sites for hydroxylation is 1. The Kier molecular flexibility index (Phi) is 10.6. The lowest BCUT2D eigenvalue weighted by Crippen LogP contribution is -2.41. The minimum atomic E-state index is -0.947. The van der Waals surface area contributed by atoms with E-state index >= 15 is 0 Å². The van der Waals surface area contributed by atoms with E-state index in [-0.39, 0.29) is 33.7 Å². The molecule has 2 unspecified atom stereocenters. The summed E-state index contributed by atoms with van der Waals surface area (Å²) in [6, 6.07) is 17.1. The van der Waals surface area contributed by atoms with Gasteiger partial charge in [-0.3, -0.25) is 14.4 Å². The van der Waals surface area contributed by atoms with Crippen molar-refractivity contribution >= 4 is 52.2 Å². The number of hydrogen-bond donors (Lipinski definition) is 3. The molecule has 0 aliphatic rings. The largest absolute Gasteiger partial charge is 0.481 e. The van der Waals surface area contributed by atoms with E-state index in [9.17, 15) is 19.5 Å². The predicted octanol–water partition coefficient (Wildman–Crippen LogP) is 8.27. The summed E-state index contributed by atoms with van der Waals surface area (Å²) in [5.74, 6) is -2.02. The van der Waals surface area contributed by atoms with Gasteiger partial charge in [-0.1, -0.05) is 95.1 Å². The van der Waals surface area contributed by atoms with Crippen molar-refractivity contribution in [3.63, 3.8) is 0 Å². The van der Waals surface area contributed by atoms with E-state index in [1.54, 1.807) is 42.5 Å². The van der Waals surface area contributed by atoms with Gasteiger partial charge in [-0.05, 0) is 65.8 Å². The molecule has 2 atom stereocenters. The Morgan fingerprint density at radius 3 is 2.05 bits per heavy atom. The van der Waals surface area contributed by atoms with Gasteiger partial charge in [0, 0.05) is 16.8 Å². The summed E-state index contributed by atoms with van der Waals surface area (Å²) in [5, 5.41) is 16.9. The molecule has 3 aromatic rings. The van der Waals surface area contributed by atoms with Gasteiger partial charge in [0.2, 0.25) is 0 Å². The highest BCUT2D eigenvalue weighted by Gasteiger charge is 2.32. The lowest BCUT2D eigenvalue weighted by Gasteiger charge is -2.30. The first kappa shape index (κ1) is 32.2. The molecule has 0 heterocycles. The minimum absolute atomic E-state index is 0.0540. The van der Waals surface area contributed by atoms with Gasteiger partial charge in [0.25, 0.3) is 5.91 Å². The highest BCUT2D eigenvalue weighted by atomic mass is 35.5. The summed E-state index contributed by atoms with van der Waals surface area (Å²) < 4.78 is 0. The van der Waals surface area contributed by atoms with Gasteiger partial charge in [-0.15, -0.1) is 0 Å². The Bertz CT molecular complexity index is 1390. The molecule has 6 nitrogen and oxygen atoms in total. The van der Waals surface area contributed by atoms with Gasteiger partial charge in [-0.2, -0.15) is 0 Å². The molecule has 0 fully saturated rings. The predicted molar refractivity (Wildman–Crippen MR) is 167 cm³/mol. The number of ketones is 1. The maximum atomic E-state index is 13.2. The molecule has 0 aliphatic carbocycles. The SMILES string of the molecule is CCc1ccc(C(Cc2ccc(NC(=O)c3c(Cl)cccc3Cl)cc2)C(=O)O)cc1NC(C(=O)C(C)(C)C)C(C)C. The summed E-state index contributed by atoms with van der Waals surface area (Å²) in [5.41, 5.74) is 3.45. The Morgan fingerprint density at radius 1 is 0.927 bits per heavy atom. The van der Waals surface area contributed by atoms with Crippen molar-refractivity contribution in [3.8, 4) is 0 Å². The second-order valence-electron chi connectivity index (χ2n) is 11.6. The second-order valence-corrected chi connectivity index (χ2v) is 12.4. The van der Waals surface area contributed by atoms with Crippen molar-refractivity contribution in [2.45, 2.75) is 66.3 Å². The molecule has 0 saturated carbocycles. The third kappa shape index (κ3) is 8.11. The van der Waals surface area contributed by atoms with E-state index in [1.807, 2.05) is 59.7 Å². The quantitative estimate of drug-likeness (QED) is 0.207. The lowest BCUT2D eigenvalue weighted by molar-refractivity contribution is -0.138. The molecule has 8 heteroatoms.